The summed E-state index contributed by atoms with van der Waals surface area (Å²) in [4.78, 5) is 0. The Labute approximate surface area is 126 Å². The fraction of sp³-hybridized carbons (Fsp3) is 0.500. The lowest BCUT2D eigenvalue weighted by atomic mass is 10.00. The van der Waals surface area contributed by atoms with E-state index in [1.807, 2.05) is 24.1 Å². The molecule has 3 rings (SSSR count). The molecule has 0 spiro atoms. The molecule has 2 unspecified atom stereocenters. The van der Waals surface area contributed by atoms with Gasteiger partial charge in [0.05, 0.1) is 18.3 Å². The first-order chi connectivity index (χ1) is 10.1. The predicted molar refractivity (Wildman–Crippen MR) is 85.1 cm³/mol. The molecule has 1 saturated heterocycles. The molecule has 2 fully saturated rings. The van der Waals surface area contributed by atoms with Crippen molar-refractivity contribution in [2.45, 2.75) is 45.3 Å². The van der Waals surface area contributed by atoms with E-state index in [9.17, 15) is 4.39 Å². The van der Waals surface area contributed by atoms with Crippen molar-refractivity contribution in [2.24, 2.45) is 11.0 Å². The van der Waals surface area contributed by atoms with E-state index >= 15 is 0 Å². The van der Waals surface area contributed by atoms with Gasteiger partial charge in [0.25, 0.3) is 0 Å². The van der Waals surface area contributed by atoms with Gasteiger partial charge in [0.15, 0.2) is 0 Å². The monoisotopic (exact) mass is 286 g/mol. The highest BCUT2D eigenvalue weighted by molar-refractivity contribution is 5.98. The molecule has 112 valence electrons. The molecule has 1 heterocycles. The Bertz CT molecular complexity index is 574. The minimum Gasteiger partial charge on any atom is -0.286 e. The first-order valence-corrected chi connectivity index (χ1v) is 7.77. The fourth-order valence-electron chi connectivity index (χ4n) is 3.11. The molecule has 21 heavy (non-hydrogen) atoms. The van der Waals surface area contributed by atoms with Crippen LogP contribution in [0.4, 0.5) is 4.39 Å². The van der Waals surface area contributed by atoms with Gasteiger partial charge in [-0.05, 0) is 49.3 Å². The van der Waals surface area contributed by atoms with Crippen molar-refractivity contribution >= 4 is 5.71 Å². The van der Waals surface area contributed by atoms with Crippen LogP contribution in [0, 0.1) is 12.8 Å². The quantitative estimate of drug-likeness (QED) is 0.748. The van der Waals surface area contributed by atoms with Crippen LogP contribution < -0.4 is 0 Å². The number of halogens is 1. The molecule has 1 aromatic carbocycles. The molecule has 0 bridgehead atoms. The van der Waals surface area contributed by atoms with Crippen LogP contribution in [0.3, 0.4) is 0 Å². The zero-order valence-electron chi connectivity index (χ0n) is 12.8. The van der Waals surface area contributed by atoms with Crippen LogP contribution in [0.2, 0.25) is 0 Å². The van der Waals surface area contributed by atoms with Gasteiger partial charge in [0, 0.05) is 6.42 Å². The Balaban J connectivity index is 1.84. The molecular formula is C18H23FN2. The van der Waals surface area contributed by atoms with Crippen LogP contribution in [0.5, 0.6) is 0 Å². The van der Waals surface area contributed by atoms with Crippen molar-refractivity contribution in [1.82, 2.24) is 5.01 Å². The highest BCUT2D eigenvalue weighted by Crippen LogP contribution is 2.38. The average molecular weight is 286 g/mol. The molecule has 0 aromatic heterocycles. The highest BCUT2D eigenvalue weighted by Gasteiger charge is 2.34. The Morgan fingerprint density at radius 1 is 1.33 bits per heavy atom. The number of hydrazone groups is 1. The molecule has 3 heteroatoms. The van der Waals surface area contributed by atoms with E-state index in [0.29, 0.717) is 18.9 Å². The average Bonchev–Trinajstić information content (AvgIpc) is 3.23. The number of alkyl halides is 1. The van der Waals surface area contributed by atoms with Gasteiger partial charge in [0.2, 0.25) is 0 Å². The van der Waals surface area contributed by atoms with Gasteiger partial charge >= 0.3 is 0 Å². The van der Waals surface area contributed by atoms with Gasteiger partial charge in [0.1, 0.15) is 6.17 Å². The van der Waals surface area contributed by atoms with Gasteiger partial charge in [-0.3, -0.25) is 5.01 Å². The van der Waals surface area contributed by atoms with E-state index in [1.165, 1.54) is 24.0 Å². The molecule has 0 amide bonds. The van der Waals surface area contributed by atoms with Crippen LogP contribution in [0.1, 0.15) is 43.4 Å². The third kappa shape index (κ3) is 3.02. The van der Waals surface area contributed by atoms with Crippen LogP contribution in [-0.4, -0.2) is 23.4 Å². The third-order valence-electron chi connectivity index (χ3n) is 4.58. The normalized spacial score (nSPS) is 26.2. The predicted octanol–water partition coefficient (Wildman–Crippen LogP) is 4.42. The van der Waals surface area contributed by atoms with Gasteiger partial charge in [-0.15, -0.1) is 0 Å². The van der Waals surface area contributed by atoms with E-state index in [1.54, 1.807) is 0 Å². The van der Waals surface area contributed by atoms with Gasteiger partial charge < -0.3 is 0 Å². The Hall–Kier alpha value is -1.64. The zero-order valence-corrected chi connectivity index (χ0v) is 12.8. The molecular weight excluding hydrogens is 263 g/mol. The second kappa shape index (κ2) is 5.63. The molecule has 0 N–H and O–H groups in total. The smallest absolute Gasteiger partial charge is 0.122 e. The van der Waals surface area contributed by atoms with Crippen LogP contribution >= 0.6 is 0 Å². The maximum atomic E-state index is 13.9. The molecule has 1 aliphatic heterocycles. The second-order valence-corrected chi connectivity index (χ2v) is 6.31. The van der Waals surface area contributed by atoms with Gasteiger partial charge in [-0.25, -0.2) is 4.39 Å². The Kier molecular flexibility index (Phi) is 3.83. The van der Waals surface area contributed by atoms with E-state index < -0.39 is 6.17 Å². The highest BCUT2D eigenvalue weighted by atomic mass is 19.1. The lowest BCUT2D eigenvalue weighted by Crippen LogP contribution is -2.21. The number of hydrogen-bond donors (Lipinski definition) is 0. The minimum absolute atomic E-state index is 0.0446. The number of hydrogen-bond acceptors (Lipinski definition) is 2. The summed E-state index contributed by atoms with van der Waals surface area (Å²) in [7, 11) is 0. The number of allylic oxidation sites excluding steroid dienone is 1. The minimum atomic E-state index is -0.805. The summed E-state index contributed by atoms with van der Waals surface area (Å²) < 4.78 is 13.9. The van der Waals surface area contributed by atoms with E-state index in [4.69, 9.17) is 5.10 Å². The summed E-state index contributed by atoms with van der Waals surface area (Å²) >= 11 is 0. The maximum Gasteiger partial charge on any atom is 0.122 e. The fourth-order valence-corrected chi connectivity index (χ4v) is 3.11. The summed E-state index contributed by atoms with van der Waals surface area (Å²) in [5.41, 5.74) is 4.48. The van der Waals surface area contributed by atoms with E-state index in [0.717, 1.165) is 11.3 Å². The van der Waals surface area contributed by atoms with Crippen molar-refractivity contribution in [2.75, 3.05) is 6.54 Å². The van der Waals surface area contributed by atoms with Gasteiger partial charge in [-0.1, -0.05) is 30.8 Å². The molecule has 1 aliphatic carbocycles. The summed E-state index contributed by atoms with van der Waals surface area (Å²) in [6, 6.07) is 8.26. The van der Waals surface area contributed by atoms with Crippen LogP contribution in [0.15, 0.2) is 41.5 Å². The zero-order chi connectivity index (χ0) is 15.0. The number of aryl methyl sites for hydroxylation is 1. The van der Waals surface area contributed by atoms with E-state index in [2.05, 4.69) is 25.6 Å². The molecule has 1 saturated carbocycles. The summed E-state index contributed by atoms with van der Waals surface area (Å²) in [6.45, 7) is 8.61. The van der Waals surface area contributed by atoms with Crippen LogP contribution in [0.25, 0.3) is 0 Å². The Morgan fingerprint density at radius 3 is 2.71 bits per heavy atom. The topological polar surface area (TPSA) is 15.6 Å². The first-order valence-electron chi connectivity index (χ1n) is 7.77. The van der Waals surface area contributed by atoms with E-state index in [-0.39, 0.29) is 6.04 Å². The van der Waals surface area contributed by atoms with Crippen molar-refractivity contribution < 1.29 is 4.39 Å². The molecule has 0 radical (unpaired) electrons. The lowest BCUT2D eigenvalue weighted by molar-refractivity contribution is 0.257. The summed E-state index contributed by atoms with van der Waals surface area (Å²) in [6.07, 6.45) is 2.16. The number of nitrogens with zero attached hydrogens (tertiary/aromatic N) is 2. The van der Waals surface area contributed by atoms with Crippen molar-refractivity contribution in [3.8, 4) is 0 Å². The van der Waals surface area contributed by atoms with Crippen LogP contribution in [-0.2, 0) is 0 Å². The molecule has 2 atom stereocenters. The number of rotatable bonds is 4. The third-order valence-corrected chi connectivity index (χ3v) is 4.58. The number of benzene rings is 1. The second-order valence-electron chi connectivity index (χ2n) is 6.31. The van der Waals surface area contributed by atoms with Crippen molar-refractivity contribution in [3.05, 3.63) is 47.5 Å². The Morgan fingerprint density at radius 2 is 2.05 bits per heavy atom. The molecule has 2 nitrogen and oxygen atoms in total. The van der Waals surface area contributed by atoms with Gasteiger partial charge in [-0.2, -0.15) is 5.10 Å². The standard InChI is InChI=1S/C18H23FN2/c1-12-6-4-5-7-17(12)18-10-16(19)11-21(18)20-14(3)13(2)15-8-9-15/h4-7,15-16,18H,2,8-11H2,1,3H3/b20-14+. The molecule has 2 aliphatic rings. The lowest BCUT2D eigenvalue weighted by Gasteiger charge is -2.24. The first kappa shape index (κ1) is 14.3. The largest absolute Gasteiger partial charge is 0.286 e. The summed E-state index contributed by atoms with van der Waals surface area (Å²) in [5, 5.41) is 6.62. The molecule has 1 aromatic rings. The van der Waals surface area contributed by atoms with Crippen molar-refractivity contribution in [1.29, 1.82) is 0 Å². The SMILES string of the molecule is C=C(/C(C)=N/N1CC(F)CC1c1ccccc1C)C1CC1. The summed E-state index contributed by atoms with van der Waals surface area (Å²) in [5.74, 6) is 0.606. The maximum absolute atomic E-state index is 13.9. The van der Waals surface area contributed by atoms with Crippen molar-refractivity contribution in [3.63, 3.8) is 0 Å².